The van der Waals surface area contributed by atoms with Crippen molar-refractivity contribution in [1.29, 1.82) is 0 Å². The molecule has 0 amide bonds. The van der Waals surface area contributed by atoms with E-state index in [4.69, 9.17) is 0 Å². The van der Waals surface area contributed by atoms with Crippen LogP contribution in [0.5, 0.6) is 0 Å². The number of benzene rings is 2. The highest BCUT2D eigenvalue weighted by Crippen LogP contribution is 2.39. The summed E-state index contributed by atoms with van der Waals surface area (Å²) in [6, 6.07) is 16.9. The fraction of sp³-hybridized carbons (Fsp3) is 0.200. The van der Waals surface area contributed by atoms with Crippen LogP contribution in [0.4, 0.5) is 0 Å². The van der Waals surface area contributed by atoms with E-state index in [0.717, 1.165) is 0 Å². The van der Waals surface area contributed by atoms with Crippen LogP contribution in [0.2, 0.25) is 0 Å². The van der Waals surface area contributed by atoms with Crippen molar-refractivity contribution in [3.63, 3.8) is 0 Å². The van der Waals surface area contributed by atoms with Gasteiger partial charge in [-0.25, -0.2) is 0 Å². The molecule has 19 heavy (non-hydrogen) atoms. The van der Waals surface area contributed by atoms with Crippen LogP contribution in [0.3, 0.4) is 0 Å². The van der Waals surface area contributed by atoms with Gasteiger partial charge in [0, 0.05) is 0 Å². The normalized spacial score (nSPS) is 12.4. The van der Waals surface area contributed by atoms with E-state index in [0.29, 0.717) is 11.1 Å². The van der Waals surface area contributed by atoms with Gasteiger partial charge in [-0.3, -0.25) is 0 Å². The predicted molar refractivity (Wildman–Crippen MR) is 70.1 cm³/mol. The number of hydrogen-bond donors (Lipinski definition) is 4. The van der Waals surface area contributed by atoms with Gasteiger partial charge in [0.15, 0.2) is 0 Å². The molecule has 0 fully saturated rings. The average molecular weight is 260 g/mol. The molecule has 2 rings (SSSR count). The van der Waals surface area contributed by atoms with Crippen molar-refractivity contribution in [3.8, 4) is 0 Å². The number of hydrogen-bond acceptors (Lipinski definition) is 4. The molecular weight excluding hydrogens is 244 g/mol. The van der Waals surface area contributed by atoms with Gasteiger partial charge < -0.3 is 20.4 Å². The molecule has 0 heterocycles. The molecule has 0 saturated carbocycles. The van der Waals surface area contributed by atoms with Crippen molar-refractivity contribution in [2.45, 2.75) is 11.4 Å². The van der Waals surface area contributed by atoms with E-state index in [-0.39, 0.29) is 0 Å². The molecule has 0 aliphatic rings. The Kier molecular flexibility index (Phi) is 3.68. The largest absolute Gasteiger partial charge is 0.395 e. The molecule has 0 bridgehead atoms. The first-order valence-electron chi connectivity index (χ1n) is 5.91. The lowest BCUT2D eigenvalue weighted by Crippen LogP contribution is -2.55. The number of aliphatic hydroxyl groups excluding tert-OH is 1. The van der Waals surface area contributed by atoms with E-state index in [1.54, 1.807) is 60.7 Å². The zero-order valence-corrected chi connectivity index (χ0v) is 10.3. The summed E-state index contributed by atoms with van der Waals surface area (Å²) in [5.41, 5.74) is -0.886. The van der Waals surface area contributed by atoms with E-state index in [9.17, 15) is 20.4 Å². The minimum Gasteiger partial charge on any atom is -0.395 e. The first kappa shape index (κ1) is 13.7. The first-order chi connectivity index (χ1) is 9.02. The first-order valence-corrected chi connectivity index (χ1v) is 5.91. The lowest BCUT2D eigenvalue weighted by atomic mass is 9.73. The molecular formula is C15H16O4. The Morgan fingerprint density at radius 3 is 1.32 bits per heavy atom. The summed E-state index contributed by atoms with van der Waals surface area (Å²) in [5.74, 6) is -3.08. The Balaban J connectivity index is 2.70. The topological polar surface area (TPSA) is 80.9 Å². The fourth-order valence-corrected chi connectivity index (χ4v) is 2.29. The standard InChI is InChI=1S/C15H16O4/c16-11-14(15(17,18)19,12-7-3-1-4-8-12)13-9-5-2-6-10-13/h1-10,16-19H,11H2. The van der Waals surface area contributed by atoms with Gasteiger partial charge >= 0.3 is 0 Å². The Labute approximate surface area is 111 Å². The van der Waals surface area contributed by atoms with E-state index < -0.39 is 18.0 Å². The second kappa shape index (κ2) is 5.11. The maximum Gasteiger partial charge on any atom is 0.292 e. The summed E-state index contributed by atoms with van der Waals surface area (Å²) in [7, 11) is 0. The van der Waals surface area contributed by atoms with Crippen molar-refractivity contribution in [2.24, 2.45) is 0 Å². The maximum atomic E-state index is 9.79. The third-order valence-electron chi connectivity index (χ3n) is 3.34. The van der Waals surface area contributed by atoms with E-state index in [1.165, 1.54) is 0 Å². The summed E-state index contributed by atoms with van der Waals surface area (Å²) < 4.78 is 0. The Morgan fingerprint density at radius 1 is 0.684 bits per heavy atom. The highest BCUT2D eigenvalue weighted by molar-refractivity contribution is 5.41. The summed E-state index contributed by atoms with van der Waals surface area (Å²) in [4.78, 5) is 0. The van der Waals surface area contributed by atoms with Gasteiger partial charge in [-0.1, -0.05) is 60.7 Å². The molecule has 2 aromatic carbocycles. The maximum absolute atomic E-state index is 9.79. The quantitative estimate of drug-likeness (QED) is 0.607. The molecule has 0 atom stereocenters. The van der Waals surface area contributed by atoms with Crippen LogP contribution in [0.25, 0.3) is 0 Å². The van der Waals surface area contributed by atoms with Crippen molar-refractivity contribution in [1.82, 2.24) is 0 Å². The van der Waals surface area contributed by atoms with Gasteiger partial charge in [0.2, 0.25) is 0 Å². The Morgan fingerprint density at radius 2 is 1.05 bits per heavy atom. The van der Waals surface area contributed by atoms with Gasteiger partial charge in [-0.2, -0.15) is 0 Å². The molecule has 0 unspecified atom stereocenters. The Bertz CT molecular complexity index is 477. The molecule has 0 spiro atoms. The molecule has 2 aromatic rings. The average Bonchev–Trinajstić information content (AvgIpc) is 2.41. The van der Waals surface area contributed by atoms with Crippen LogP contribution >= 0.6 is 0 Å². The van der Waals surface area contributed by atoms with Crippen LogP contribution in [-0.2, 0) is 5.41 Å². The zero-order valence-electron chi connectivity index (χ0n) is 10.3. The zero-order chi connectivity index (χ0) is 13.9. The minimum absolute atomic E-state index is 0.413. The van der Waals surface area contributed by atoms with Gasteiger partial charge in [-0.05, 0) is 11.1 Å². The second-order valence-corrected chi connectivity index (χ2v) is 4.43. The van der Waals surface area contributed by atoms with Gasteiger partial charge in [-0.15, -0.1) is 0 Å². The molecule has 4 N–H and O–H groups in total. The fourth-order valence-electron chi connectivity index (χ4n) is 2.29. The van der Waals surface area contributed by atoms with Crippen LogP contribution in [0.15, 0.2) is 60.7 Å². The molecule has 0 aliphatic heterocycles. The van der Waals surface area contributed by atoms with Crippen LogP contribution in [0.1, 0.15) is 11.1 Å². The number of rotatable bonds is 4. The molecule has 0 aromatic heterocycles. The van der Waals surface area contributed by atoms with Gasteiger partial charge in [0.1, 0.15) is 5.41 Å². The van der Waals surface area contributed by atoms with Crippen LogP contribution < -0.4 is 0 Å². The lowest BCUT2D eigenvalue weighted by molar-refractivity contribution is -0.348. The Hall–Kier alpha value is -1.72. The van der Waals surface area contributed by atoms with Gasteiger partial charge in [0.05, 0.1) is 6.61 Å². The molecule has 4 nitrogen and oxygen atoms in total. The van der Waals surface area contributed by atoms with E-state index >= 15 is 0 Å². The summed E-state index contributed by atoms with van der Waals surface area (Å²) in [6.45, 7) is -0.648. The summed E-state index contributed by atoms with van der Waals surface area (Å²) in [5, 5.41) is 39.1. The third-order valence-corrected chi connectivity index (χ3v) is 3.34. The molecule has 100 valence electrons. The highest BCUT2D eigenvalue weighted by atomic mass is 16.7. The van der Waals surface area contributed by atoms with Crippen molar-refractivity contribution < 1.29 is 20.4 Å². The minimum atomic E-state index is -3.08. The molecule has 0 saturated heterocycles. The van der Waals surface area contributed by atoms with Gasteiger partial charge in [0.25, 0.3) is 5.97 Å². The third kappa shape index (κ3) is 2.27. The smallest absolute Gasteiger partial charge is 0.292 e. The molecule has 4 heteroatoms. The van der Waals surface area contributed by atoms with Crippen molar-refractivity contribution in [2.75, 3.05) is 6.61 Å². The SMILES string of the molecule is OCC(c1ccccc1)(c1ccccc1)C(O)(O)O. The molecule has 0 radical (unpaired) electrons. The lowest BCUT2D eigenvalue weighted by Gasteiger charge is -2.39. The second-order valence-electron chi connectivity index (χ2n) is 4.43. The molecule has 0 aliphatic carbocycles. The predicted octanol–water partition coefficient (Wildman–Crippen LogP) is 0.596. The summed E-state index contributed by atoms with van der Waals surface area (Å²) >= 11 is 0. The monoisotopic (exact) mass is 260 g/mol. The van der Waals surface area contributed by atoms with E-state index in [1.807, 2.05) is 0 Å². The highest BCUT2D eigenvalue weighted by Gasteiger charge is 2.51. The van der Waals surface area contributed by atoms with E-state index in [2.05, 4.69) is 0 Å². The van der Waals surface area contributed by atoms with Crippen LogP contribution in [-0.4, -0.2) is 33.0 Å². The van der Waals surface area contributed by atoms with Crippen LogP contribution in [0, 0.1) is 0 Å². The number of aliphatic hydroxyl groups is 4. The van der Waals surface area contributed by atoms with Crippen molar-refractivity contribution >= 4 is 0 Å². The van der Waals surface area contributed by atoms with Crippen molar-refractivity contribution in [3.05, 3.63) is 71.8 Å². The summed E-state index contributed by atoms with van der Waals surface area (Å²) in [6.07, 6.45) is 0.